The Morgan fingerprint density at radius 1 is 1.16 bits per heavy atom. The van der Waals surface area contributed by atoms with Crippen molar-refractivity contribution in [3.05, 3.63) is 64.2 Å². The van der Waals surface area contributed by atoms with Crippen LogP contribution in [0, 0.1) is 6.92 Å². The zero-order valence-electron chi connectivity index (χ0n) is 16.8. The van der Waals surface area contributed by atoms with Crippen LogP contribution in [-0.4, -0.2) is 35.3 Å². The molecular formula is C22H21ClF3N3O2. The molecule has 5 nitrogen and oxygen atoms in total. The zero-order valence-corrected chi connectivity index (χ0v) is 17.6. The third-order valence-corrected chi connectivity index (χ3v) is 6.04. The molecule has 0 unspecified atom stereocenters. The maximum atomic E-state index is 13.0. The standard InChI is InChI=1S/C22H21ClF3N3O2/c1-14-2-4-15(5-3-14)19-13-21(31-28-19)8-10-29(11-9-21)20(30)27-16-6-7-18(23)17(12-16)22(24,25)26/h2-7,12H,8-11,13H2,1H3,(H,27,30). The lowest BCUT2D eigenvalue weighted by atomic mass is 9.85. The lowest BCUT2D eigenvalue weighted by Gasteiger charge is -2.37. The Balaban J connectivity index is 1.35. The van der Waals surface area contributed by atoms with Gasteiger partial charge in [0.25, 0.3) is 0 Å². The lowest BCUT2D eigenvalue weighted by molar-refractivity contribution is -0.137. The van der Waals surface area contributed by atoms with Gasteiger partial charge in [0.05, 0.1) is 16.3 Å². The van der Waals surface area contributed by atoms with Gasteiger partial charge in [0, 0.05) is 38.0 Å². The molecule has 2 aliphatic heterocycles. The SMILES string of the molecule is Cc1ccc(C2=NOC3(CCN(C(=O)Nc4ccc(Cl)c(C(F)(F)F)c4)CC3)C2)cc1. The van der Waals surface area contributed by atoms with Crippen LogP contribution in [0.4, 0.5) is 23.7 Å². The lowest BCUT2D eigenvalue weighted by Crippen LogP contribution is -2.48. The van der Waals surface area contributed by atoms with E-state index in [9.17, 15) is 18.0 Å². The summed E-state index contributed by atoms with van der Waals surface area (Å²) in [5, 5.41) is 6.39. The second-order valence-corrected chi connectivity index (χ2v) is 8.37. The van der Waals surface area contributed by atoms with Crippen LogP contribution in [0.1, 0.15) is 36.0 Å². The topological polar surface area (TPSA) is 53.9 Å². The summed E-state index contributed by atoms with van der Waals surface area (Å²) in [6, 6.07) is 10.9. The van der Waals surface area contributed by atoms with Crippen molar-refractivity contribution in [3.63, 3.8) is 0 Å². The number of nitrogens with zero attached hydrogens (tertiary/aromatic N) is 2. The monoisotopic (exact) mass is 451 g/mol. The molecule has 1 N–H and O–H groups in total. The van der Waals surface area contributed by atoms with Gasteiger partial charge in [-0.1, -0.05) is 46.6 Å². The average Bonchev–Trinajstić information content (AvgIpc) is 3.13. The molecule has 0 bridgehead atoms. The van der Waals surface area contributed by atoms with Gasteiger partial charge in [-0.25, -0.2) is 4.79 Å². The predicted octanol–water partition coefficient (Wildman–Crippen LogP) is 5.86. The molecule has 2 aliphatic rings. The summed E-state index contributed by atoms with van der Waals surface area (Å²) in [5.41, 5.74) is 1.69. The third-order valence-electron chi connectivity index (χ3n) is 5.71. The first-order valence-electron chi connectivity index (χ1n) is 9.90. The molecule has 4 rings (SSSR count). The van der Waals surface area contributed by atoms with E-state index in [0.717, 1.165) is 23.4 Å². The predicted molar refractivity (Wildman–Crippen MR) is 112 cm³/mol. The molecule has 2 heterocycles. The molecule has 2 amide bonds. The number of carbonyl (C=O) groups is 1. The highest BCUT2D eigenvalue weighted by Gasteiger charge is 2.43. The van der Waals surface area contributed by atoms with Crippen LogP contribution in [0.2, 0.25) is 5.02 Å². The number of benzene rings is 2. The molecule has 2 aromatic rings. The zero-order chi connectivity index (χ0) is 22.2. The maximum absolute atomic E-state index is 13.0. The van der Waals surface area contributed by atoms with E-state index in [-0.39, 0.29) is 5.69 Å². The normalized spacial score (nSPS) is 18.0. The minimum atomic E-state index is -4.59. The number of rotatable bonds is 2. The number of halogens is 4. The van der Waals surface area contributed by atoms with Crippen molar-refractivity contribution in [3.8, 4) is 0 Å². The van der Waals surface area contributed by atoms with E-state index in [0.29, 0.717) is 32.4 Å². The van der Waals surface area contributed by atoms with Crippen LogP contribution in [-0.2, 0) is 11.0 Å². The second kappa shape index (κ2) is 8.07. The molecule has 0 atom stereocenters. The molecule has 0 aromatic heterocycles. The summed E-state index contributed by atoms with van der Waals surface area (Å²) in [6.45, 7) is 2.86. The Labute approximate surface area is 182 Å². The van der Waals surface area contributed by atoms with E-state index in [1.54, 1.807) is 4.90 Å². The van der Waals surface area contributed by atoms with Crippen molar-refractivity contribution >= 4 is 29.0 Å². The molecule has 164 valence electrons. The molecular weight excluding hydrogens is 431 g/mol. The molecule has 2 aromatic carbocycles. The molecule has 1 fully saturated rings. The van der Waals surface area contributed by atoms with E-state index in [2.05, 4.69) is 10.5 Å². The number of carbonyl (C=O) groups excluding carboxylic acids is 1. The number of hydrogen-bond donors (Lipinski definition) is 1. The largest absolute Gasteiger partial charge is 0.417 e. The van der Waals surface area contributed by atoms with Crippen LogP contribution < -0.4 is 5.32 Å². The van der Waals surface area contributed by atoms with Crippen molar-refractivity contribution in [1.29, 1.82) is 0 Å². The van der Waals surface area contributed by atoms with Crippen molar-refractivity contribution in [1.82, 2.24) is 4.90 Å². The van der Waals surface area contributed by atoms with Gasteiger partial charge >= 0.3 is 12.2 Å². The van der Waals surface area contributed by atoms with Crippen LogP contribution in [0.25, 0.3) is 0 Å². The van der Waals surface area contributed by atoms with Gasteiger partial charge in [-0.15, -0.1) is 0 Å². The molecule has 9 heteroatoms. The second-order valence-electron chi connectivity index (χ2n) is 7.96. The summed E-state index contributed by atoms with van der Waals surface area (Å²) < 4.78 is 39.1. The van der Waals surface area contributed by atoms with E-state index >= 15 is 0 Å². The van der Waals surface area contributed by atoms with Crippen molar-refractivity contribution in [2.45, 2.75) is 38.0 Å². The van der Waals surface area contributed by atoms with Gasteiger partial charge in [0.15, 0.2) is 0 Å². The number of aryl methyl sites for hydroxylation is 1. The maximum Gasteiger partial charge on any atom is 0.417 e. The van der Waals surface area contributed by atoms with Gasteiger partial charge in [0.1, 0.15) is 5.60 Å². The molecule has 0 saturated carbocycles. The number of piperidine rings is 1. The Morgan fingerprint density at radius 3 is 2.48 bits per heavy atom. The number of hydrogen-bond acceptors (Lipinski definition) is 3. The van der Waals surface area contributed by atoms with Crippen LogP contribution in [0.3, 0.4) is 0 Å². The summed E-state index contributed by atoms with van der Waals surface area (Å²) in [4.78, 5) is 19.9. The highest BCUT2D eigenvalue weighted by Crippen LogP contribution is 2.38. The fourth-order valence-corrected chi connectivity index (χ4v) is 4.06. The van der Waals surface area contributed by atoms with Gasteiger partial charge < -0.3 is 15.1 Å². The molecule has 0 aliphatic carbocycles. The van der Waals surface area contributed by atoms with Crippen LogP contribution in [0.5, 0.6) is 0 Å². The summed E-state index contributed by atoms with van der Waals surface area (Å²) in [7, 11) is 0. The Kier molecular flexibility index (Phi) is 5.60. The van der Waals surface area contributed by atoms with E-state index in [1.807, 2.05) is 31.2 Å². The van der Waals surface area contributed by atoms with E-state index < -0.39 is 28.4 Å². The fourth-order valence-electron chi connectivity index (χ4n) is 3.83. The first-order valence-corrected chi connectivity index (χ1v) is 10.3. The van der Waals surface area contributed by atoms with Crippen molar-refractivity contribution in [2.24, 2.45) is 5.16 Å². The highest BCUT2D eigenvalue weighted by molar-refractivity contribution is 6.31. The molecule has 0 radical (unpaired) electrons. The number of anilines is 1. The molecule has 1 saturated heterocycles. The number of urea groups is 1. The number of alkyl halides is 3. The Hall–Kier alpha value is -2.74. The number of nitrogens with one attached hydrogen (secondary N) is 1. The van der Waals surface area contributed by atoms with Crippen LogP contribution >= 0.6 is 11.6 Å². The van der Waals surface area contributed by atoms with Crippen molar-refractivity contribution in [2.75, 3.05) is 18.4 Å². The Morgan fingerprint density at radius 2 is 1.84 bits per heavy atom. The summed E-state index contributed by atoms with van der Waals surface area (Å²) in [5.74, 6) is 0. The van der Waals surface area contributed by atoms with Gasteiger partial charge in [0.2, 0.25) is 0 Å². The number of likely N-dealkylation sites (tertiary alicyclic amines) is 1. The van der Waals surface area contributed by atoms with E-state index in [4.69, 9.17) is 16.4 Å². The minimum absolute atomic E-state index is 0.0455. The van der Waals surface area contributed by atoms with Gasteiger partial charge in [-0.3, -0.25) is 0 Å². The van der Waals surface area contributed by atoms with Gasteiger partial charge in [-0.2, -0.15) is 13.2 Å². The number of amides is 2. The average molecular weight is 452 g/mol. The minimum Gasteiger partial charge on any atom is -0.388 e. The van der Waals surface area contributed by atoms with Gasteiger partial charge in [-0.05, 0) is 30.7 Å². The first-order chi connectivity index (χ1) is 14.7. The molecule has 1 spiro atoms. The van der Waals surface area contributed by atoms with Crippen molar-refractivity contribution < 1.29 is 22.8 Å². The Bertz CT molecular complexity index is 1010. The first kappa shape index (κ1) is 21.5. The smallest absolute Gasteiger partial charge is 0.388 e. The highest BCUT2D eigenvalue weighted by atomic mass is 35.5. The quantitative estimate of drug-likeness (QED) is 0.622. The fraction of sp³-hybridized carbons (Fsp3) is 0.364. The van der Waals surface area contributed by atoms with E-state index in [1.165, 1.54) is 11.6 Å². The summed E-state index contributed by atoms with van der Waals surface area (Å²) >= 11 is 5.63. The summed E-state index contributed by atoms with van der Waals surface area (Å²) in [6.07, 6.45) is -2.75. The molecule has 31 heavy (non-hydrogen) atoms. The number of oxime groups is 1. The van der Waals surface area contributed by atoms with Crippen LogP contribution in [0.15, 0.2) is 47.6 Å². The third kappa shape index (κ3) is 4.63.